The van der Waals surface area contributed by atoms with Crippen LogP contribution in [0.4, 0.5) is 0 Å². The Morgan fingerprint density at radius 2 is 2.00 bits per heavy atom. The summed E-state index contributed by atoms with van der Waals surface area (Å²) >= 11 is 0. The van der Waals surface area contributed by atoms with Crippen molar-refractivity contribution in [3.63, 3.8) is 0 Å². The van der Waals surface area contributed by atoms with E-state index in [1.807, 2.05) is 24.1 Å². The molecule has 23 heavy (non-hydrogen) atoms. The number of likely N-dealkylation sites (N-methyl/N-ethyl adjacent to an activating group) is 1. The number of carbonyl (C=O) groups excluding carboxylic acids is 1. The van der Waals surface area contributed by atoms with Crippen molar-refractivity contribution in [1.29, 1.82) is 0 Å². The lowest BCUT2D eigenvalue weighted by atomic mass is 9.91. The van der Waals surface area contributed by atoms with E-state index in [1.165, 1.54) is 16.7 Å². The van der Waals surface area contributed by atoms with Gasteiger partial charge >= 0.3 is 0 Å². The number of rotatable bonds is 10. The first-order chi connectivity index (χ1) is 11.2. The molecule has 0 saturated carbocycles. The summed E-state index contributed by atoms with van der Waals surface area (Å²) in [4.78, 5) is 12.6. The van der Waals surface area contributed by atoms with Gasteiger partial charge in [0.05, 0.1) is 6.54 Å². The fourth-order valence-corrected chi connectivity index (χ4v) is 2.52. The highest BCUT2D eigenvalue weighted by Gasteiger charge is 2.09. The third kappa shape index (κ3) is 5.84. The molecule has 0 aliphatic carbocycles. The fraction of sp³-hybridized carbons (Fsp3) is 0.286. The van der Waals surface area contributed by atoms with Crippen molar-refractivity contribution in [2.75, 3.05) is 20.1 Å². The molecule has 0 atom stereocenters. The van der Waals surface area contributed by atoms with Crippen LogP contribution in [0.1, 0.15) is 24.5 Å². The van der Waals surface area contributed by atoms with Crippen LogP contribution in [0, 0.1) is 0 Å². The molecule has 0 unspecified atom stereocenters. The monoisotopic (exact) mass is 309 g/mol. The molecule has 1 rings (SSSR count). The first kappa shape index (κ1) is 18.9. The van der Waals surface area contributed by atoms with Crippen LogP contribution in [0.2, 0.25) is 0 Å². The highest BCUT2D eigenvalue weighted by atomic mass is 16.1. The number of nitrogens with zero attached hydrogens (tertiary/aromatic N) is 1. The van der Waals surface area contributed by atoms with Gasteiger partial charge in [-0.1, -0.05) is 68.7 Å². The summed E-state index contributed by atoms with van der Waals surface area (Å²) in [5, 5.41) is 0. The molecule has 0 saturated heterocycles. The maximum atomic E-state index is 10.6. The molecule has 0 aliphatic rings. The highest BCUT2D eigenvalue weighted by Crippen LogP contribution is 2.28. The molecule has 1 aromatic carbocycles. The number of benzene rings is 1. The van der Waals surface area contributed by atoms with Gasteiger partial charge in [0.15, 0.2) is 0 Å². The van der Waals surface area contributed by atoms with Gasteiger partial charge in [0.2, 0.25) is 0 Å². The standard InChI is InChI=1S/C21H27NO/c1-5-11-18(6-2)21(14-10-15-22(4)16-17-23)20-13-9-8-12-19(20)7-3/h5-6,8-9,11-14,17H,1-2,7,10,15-16H2,3-4H3/b18-11+,21-14+. The molecule has 2 heteroatoms. The van der Waals surface area contributed by atoms with Crippen LogP contribution in [0.15, 0.2) is 67.3 Å². The van der Waals surface area contributed by atoms with Gasteiger partial charge in [-0.3, -0.25) is 4.90 Å². The summed E-state index contributed by atoms with van der Waals surface area (Å²) in [7, 11) is 1.95. The molecule has 0 spiro atoms. The minimum atomic E-state index is 0.464. The Bertz CT molecular complexity index is 596. The quantitative estimate of drug-likeness (QED) is 0.470. The van der Waals surface area contributed by atoms with Gasteiger partial charge < -0.3 is 4.79 Å². The van der Waals surface area contributed by atoms with E-state index < -0.39 is 0 Å². The van der Waals surface area contributed by atoms with Crippen molar-refractivity contribution in [1.82, 2.24) is 4.90 Å². The maximum Gasteiger partial charge on any atom is 0.133 e. The van der Waals surface area contributed by atoms with Crippen LogP contribution in [0.3, 0.4) is 0 Å². The van der Waals surface area contributed by atoms with Crippen molar-refractivity contribution in [2.45, 2.75) is 19.8 Å². The van der Waals surface area contributed by atoms with Gasteiger partial charge in [-0.2, -0.15) is 0 Å². The molecule has 122 valence electrons. The summed E-state index contributed by atoms with van der Waals surface area (Å²) in [6.07, 6.45) is 10.7. The molecular weight excluding hydrogens is 282 g/mol. The second-order valence-corrected chi connectivity index (χ2v) is 5.41. The third-order valence-electron chi connectivity index (χ3n) is 3.76. The second kappa shape index (κ2) is 10.5. The van der Waals surface area contributed by atoms with Gasteiger partial charge in [-0.25, -0.2) is 0 Å². The van der Waals surface area contributed by atoms with Gasteiger partial charge in [-0.05, 0) is 42.2 Å². The van der Waals surface area contributed by atoms with Gasteiger partial charge in [0.1, 0.15) is 6.29 Å². The summed E-state index contributed by atoms with van der Waals surface area (Å²) in [6.45, 7) is 11.2. The van der Waals surface area contributed by atoms with Crippen molar-refractivity contribution >= 4 is 11.9 Å². The van der Waals surface area contributed by atoms with Crippen LogP contribution >= 0.6 is 0 Å². The van der Waals surface area contributed by atoms with Gasteiger partial charge in [-0.15, -0.1) is 0 Å². The Kier molecular flexibility index (Phi) is 8.63. The van der Waals surface area contributed by atoms with E-state index in [2.05, 4.69) is 50.4 Å². The lowest BCUT2D eigenvalue weighted by molar-refractivity contribution is -0.108. The second-order valence-electron chi connectivity index (χ2n) is 5.41. The van der Waals surface area contributed by atoms with Crippen LogP contribution in [-0.4, -0.2) is 31.3 Å². The third-order valence-corrected chi connectivity index (χ3v) is 3.76. The zero-order valence-corrected chi connectivity index (χ0v) is 14.3. The number of allylic oxidation sites excluding steroid dienone is 5. The van der Waals surface area contributed by atoms with E-state index in [0.29, 0.717) is 6.54 Å². The minimum Gasteiger partial charge on any atom is -0.302 e. The zero-order valence-electron chi connectivity index (χ0n) is 14.3. The molecule has 1 aromatic rings. The molecule has 0 radical (unpaired) electrons. The largest absolute Gasteiger partial charge is 0.302 e. The van der Waals surface area contributed by atoms with E-state index in [9.17, 15) is 4.79 Å². The van der Waals surface area contributed by atoms with E-state index in [1.54, 1.807) is 6.08 Å². The predicted octanol–water partition coefficient (Wildman–Crippen LogP) is 4.45. The molecule has 0 aromatic heterocycles. The summed E-state index contributed by atoms with van der Waals surface area (Å²) < 4.78 is 0. The van der Waals surface area contributed by atoms with Crippen molar-refractivity contribution in [2.24, 2.45) is 0 Å². The summed E-state index contributed by atoms with van der Waals surface area (Å²) in [6, 6.07) is 8.45. The van der Waals surface area contributed by atoms with E-state index in [4.69, 9.17) is 0 Å². The summed E-state index contributed by atoms with van der Waals surface area (Å²) in [5.41, 5.74) is 4.80. The van der Waals surface area contributed by atoms with Gasteiger partial charge in [0.25, 0.3) is 0 Å². The molecular formula is C21H27NO. The van der Waals surface area contributed by atoms with E-state index >= 15 is 0 Å². The molecule has 0 amide bonds. The smallest absolute Gasteiger partial charge is 0.133 e. The SMILES string of the molecule is C=C/C=C(C=C)/C(=C\CCN(C)CC=O)c1ccccc1CC. The fourth-order valence-electron chi connectivity index (χ4n) is 2.52. The molecule has 0 aliphatic heterocycles. The topological polar surface area (TPSA) is 20.3 Å². The number of aryl methyl sites for hydroxylation is 1. The number of hydrogen-bond donors (Lipinski definition) is 0. The van der Waals surface area contributed by atoms with E-state index in [-0.39, 0.29) is 0 Å². The Hall–Kier alpha value is -2.19. The average molecular weight is 309 g/mol. The zero-order chi connectivity index (χ0) is 17.1. The van der Waals surface area contributed by atoms with E-state index in [0.717, 1.165) is 31.2 Å². The molecule has 0 heterocycles. The lowest BCUT2D eigenvalue weighted by Crippen LogP contribution is -2.21. The highest BCUT2D eigenvalue weighted by molar-refractivity contribution is 5.83. The predicted molar refractivity (Wildman–Crippen MR) is 100 cm³/mol. The lowest BCUT2D eigenvalue weighted by Gasteiger charge is -2.15. The molecule has 2 nitrogen and oxygen atoms in total. The van der Waals surface area contributed by atoms with Crippen LogP contribution in [0.25, 0.3) is 5.57 Å². The minimum absolute atomic E-state index is 0.464. The Morgan fingerprint density at radius 3 is 2.61 bits per heavy atom. The van der Waals surface area contributed by atoms with Crippen LogP contribution < -0.4 is 0 Å². The van der Waals surface area contributed by atoms with Gasteiger partial charge in [0, 0.05) is 6.54 Å². The Labute approximate surface area is 140 Å². The number of aldehydes is 1. The maximum absolute atomic E-state index is 10.6. The Balaban J connectivity index is 3.16. The van der Waals surface area contributed by atoms with Crippen LogP contribution in [0.5, 0.6) is 0 Å². The average Bonchev–Trinajstić information content (AvgIpc) is 2.57. The number of carbonyl (C=O) groups is 1. The van der Waals surface area contributed by atoms with Crippen molar-refractivity contribution < 1.29 is 4.79 Å². The first-order valence-electron chi connectivity index (χ1n) is 8.04. The molecule has 0 bridgehead atoms. The summed E-state index contributed by atoms with van der Waals surface area (Å²) in [5.74, 6) is 0. The van der Waals surface area contributed by atoms with Crippen molar-refractivity contribution in [3.8, 4) is 0 Å². The molecule has 0 N–H and O–H groups in total. The Morgan fingerprint density at radius 1 is 1.26 bits per heavy atom. The van der Waals surface area contributed by atoms with Crippen molar-refractivity contribution in [3.05, 3.63) is 78.4 Å². The number of hydrogen-bond acceptors (Lipinski definition) is 2. The first-order valence-corrected chi connectivity index (χ1v) is 8.04. The molecule has 0 fully saturated rings. The normalized spacial score (nSPS) is 12.3. The van der Waals surface area contributed by atoms with Crippen LogP contribution in [-0.2, 0) is 11.2 Å².